The highest BCUT2D eigenvalue weighted by Gasteiger charge is 2.17. The van der Waals surface area contributed by atoms with E-state index >= 15 is 0 Å². The molecule has 0 aliphatic heterocycles. The molecule has 0 amide bonds. The van der Waals surface area contributed by atoms with E-state index in [9.17, 15) is 4.79 Å². The van der Waals surface area contributed by atoms with Crippen molar-refractivity contribution in [3.05, 3.63) is 42.1 Å². The van der Waals surface area contributed by atoms with E-state index in [0.29, 0.717) is 23.9 Å². The molecule has 0 aliphatic carbocycles. The van der Waals surface area contributed by atoms with E-state index in [1.807, 2.05) is 45.0 Å². The van der Waals surface area contributed by atoms with Gasteiger partial charge in [-0.3, -0.25) is 4.79 Å². The minimum atomic E-state index is -0.541. The van der Waals surface area contributed by atoms with Crippen molar-refractivity contribution in [2.24, 2.45) is 0 Å². The van der Waals surface area contributed by atoms with Gasteiger partial charge in [0.25, 0.3) is 0 Å². The Kier molecular flexibility index (Phi) is 6.27. The summed E-state index contributed by atoms with van der Waals surface area (Å²) in [6.07, 6.45) is 1.57. The first-order valence-corrected chi connectivity index (χ1v) is 8.24. The van der Waals surface area contributed by atoms with Crippen LogP contribution in [0.4, 0.5) is 11.5 Å². The summed E-state index contributed by atoms with van der Waals surface area (Å²) in [5, 5.41) is 2.88. The van der Waals surface area contributed by atoms with Gasteiger partial charge in [-0.25, -0.2) is 4.98 Å². The Bertz CT molecular complexity index is 739. The summed E-state index contributed by atoms with van der Waals surface area (Å²) in [6, 6.07) is 9.23. The number of rotatable bonds is 7. The van der Waals surface area contributed by atoms with Crippen molar-refractivity contribution in [2.75, 3.05) is 24.7 Å². The van der Waals surface area contributed by atoms with Gasteiger partial charge in [0.2, 0.25) is 0 Å². The molecule has 7 heteroatoms. The van der Waals surface area contributed by atoms with Crippen LogP contribution in [0.25, 0.3) is 0 Å². The molecular formula is C19H25N3O4. The van der Waals surface area contributed by atoms with E-state index < -0.39 is 5.60 Å². The summed E-state index contributed by atoms with van der Waals surface area (Å²) >= 11 is 0. The molecule has 0 spiro atoms. The zero-order valence-corrected chi connectivity index (χ0v) is 15.5. The van der Waals surface area contributed by atoms with Gasteiger partial charge in [-0.1, -0.05) is 12.1 Å². The fourth-order valence-corrected chi connectivity index (χ4v) is 2.14. The largest absolute Gasteiger partial charge is 0.497 e. The van der Waals surface area contributed by atoms with E-state index in [1.165, 1.54) is 0 Å². The molecule has 0 atom stereocenters. The van der Waals surface area contributed by atoms with Crippen LogP contribution >= 0.6 is 0 Å². The Morgan fingerprint density at radius 3 is 2.50 bits per heavy atom. The number of aromatic nitrogens is 1. The molecular weight excluding hydrogens is 334 g/mol. The standard InChI is InChI=1S/C19H25N3O4/c1-19(2,3)26-16(23)11-22-18-17(20)15(9-10-21-18)25-12-13-5-7-14(24-4)8-6-13/h5-10H,11-12,20H2,1-4H3,(H,21,22). The quantitative estimate of drug-likeness (QED) is 0.734. The number of methoxy groups -OCH3 is 1. The van der Waals surface area contributed by atoms with E-state index in [4.69, 9.17) is 19.9 Å². The lowest BCUT2D eigenvalue weighted by Gasteiger charge is -2.20. The minimum absolute atomic E-state index is 0.0313. The van der Waals surface area contributed by atoms with Gasteiger partial charge in [0.1, 0.15) is 35.9 Å². The summed E-state index contributed by atoms with van der Waals surface area (Å²) in [4.78, 5) is 15.9. The Hall–Kier alpha value is -2.96. The molecule has 1 heterocycles. The number of pyridine rings is 1. The van der Waals surface area contributed by atoms with Crippen LogP contribution < -0.4 is 20.5 Å². The van der Waals surface area contributed by atoms with Crippen LogP contribution in [0.3, 0.4) is 0 Å². The first-order chi connectivity index (χ1) is 12.3. The Morgan fingerprint density at radius 2 is 1.88 bits per heavy atom. The van der Waals surface area contributed by atoms with Gasteiger partial charge in [-0.05, 0) is 38.5 Å². The van der Waals surface area contributed by atoms with Crippen molar-refractivity contribution in [3.8, 4) is 11.5 Å². The zero-order valence-electron chi connectivity index (χ0n) is 15.5. The molecule has 0 radical (unpaired) electrons. The summed E-state index contributed by atoms with van der Waals surface area (Å²) in [5.41, 5.74) is 6.86. The van der Waals surface area contributed by atoms with Crippen LogP contribution in [0.15, 0.2) is 36.5 Å². The topological polar surface area (TPSA) is 95.7 Å². The fourth-order valence-electron chi connectivity index (χ4n) is 2.14. The number of anilines is 2. The molecule has 3 N–H and O–H groups in total. The highest BCUT2D eigenvalue weighted by molar-refractivity contribution is 5.78. The number of nitrogens with zero attached hydrogens (tertiary/aromatic N) is 1. The van der Waals surface area contributed by atoms with Gasteiger partial charge in [0.05, 0.1) is 7.11 Å². The first-order valence-electron chi connectivity index (χ1n) is 8.24. The number of esters is 1. The lowest BCUT2D eigenvalue weighted by Crippen LogP contribution is -2.28. The molecule has 2 rings (SSSR count). The molecule has 0 saturated carbocycles. The zero-order chi connectivity index (χ0) is 19.2. The second-order valence-corrected chi connectivity index (χ2v) is 6.65. The predicted octanol–water partition coefficient (Wildman–Crippen LogP) is 3.01. The number of hydrogen-bond donors (Lipinski definition) is 2. The molecule has 26 heavy (non-hydrogen) atoms. The number of nitrogen functional groups attached to an aromatic ring is 1. The van der Waals surface area contributed by atoms with E-state index in [0.717, 1.165) is 11.3 Å². The minimum Gasteiger partial charge on any atom is -0.497 e. The second-order valence-electron chi connectivity index (χ2n) is 6.65. The average Bonchev–Trinajstić information content (AvgIpc) is 2.59. The number of carbonyl (C=O) groups is 1. The van der Waals surface area contributed by atoms with Crippen LogP contribution in [0.1, 0.15) is 26.3 Å². The SMILES string of the molecule is COc1ccc(COc2ccnc(NCC(=O)OC(C)(C)C)c2N)cc1. The van der Waals surface area contributed by atoms with E-state index in [-0.39, 0.29) is 12.5 Å². The summed E-state index contributed by atoms with van der Waals surface area (Å²) in [5.74, 6) is 1.26. The van der Waals surface area contributed by atoms with Crippen molar-refractivity contribution >= 4 is 17.5 Å². The van der Waals surface area contributed by atoms with Crippen molar-refractivity contribution in [1.29, 1.82) is 0 Å². The molecule has 140 valence electrons. The van der Waals surface area contributed by atoms with E-state index in [2.05, 4.69) is 10.3 Å². The number of nitrogens with two attached hydrogens (primary N) is 1. The second kappa shape index (κ2) is 8.42. The van der Waals surface area contributed by atoms with Crippen molar-refractivity contribution in [3.63, 3.8) is 0 Å². The predicted molar refractivity (Wildman–Crippen MR) is 100 cm³/mol. The van der Waals surface area contributed by atoms with Crippen molar-refractivity contribution in [1.82, 2.24) is 4.98 Å². The molecule has 1 aromatic heterocycles. The molecule has 0 bridgehead atoms. The Balaban J connectivity index is 1.96. The van der Waals surface area contributed by atoms with Crippen molar-refractivity contribution < 1.29 is 19.0 Å². The number of nitrogens with one attached hydrogen (secondary N) is 1. The lowest BCUT2D eigenvalue weighted by molar-refractivity contribution is -0.152. The molecule has 1 aromatic carbocycles. The van der Waals surface area contributed by atoms with Crippen LogP contribution in [0.5, 0.6) is 11.5 Å². The van der Waals surface area contributed by atoms with Crippen molar-refractivity contribution in [2.45, 2.75) is 33.0 Å². The van der Waals surface area contributed by atoms with Crippen LogP contribution in [0.2, 0.25) is 0 Å². The monoisotopic (exact) mass is 359 g/mol. The van der Waals surface area contributed by atoms with Gasteiger partial charge in [-0.2, -0.15) is 0 Å². The molecule has 0 unspecified atom stereocenters. The normalized spacial score (nSPS) is 10.9. The molecule has 0 saturated heterocycles. The van der Waals surface area contributed by atoms with Gasteiger partial charge < -0.3 is 25.3 Å². The Labute approximate surface area is 153 Å². The van der Waals surface area contributed by atoms with Crippen LogP contribution in [-0.2, 0) is 16.1 Å². The van der Waals surface area contributed by atoms with Gasteiger partial charge in [-0.15, -0.1) is 0 Å². The number of benzene rings is 1. The highest BCUT2D eigenvalue weighted by atomic mass is 16.6. The van der Waals surface area contributed by atoms with E-state index in [1.54, 1.807) is 19.4 Å². The third-order valence-corrected chi connectivity index (χ3v) is 3.32. The van der Waals surface area contributed by atoms with Crippen LogP contribution in [-0.4, -0.2) is 30.2 Å². The average molecular weight is 359 g/mol. The number of hydrogen-bond acceptors (Lipinski definition) is 7. The molecule has 2 aromatic rings. The smallest absolute Gasteiger partial charge is 0.325 e. The van der Waals surface area contributed by atoms with Gasteiger partial charge >= 0.3 is 5.97 Å². The van der Waals surface area contributed by atoms with Crippen LogP contribution in [0, 0.1) is 0 Å². The molecule has 0 fully saturated rings. The van der Waals surface area contributed by atoms with Gasteiger partial charge in [0, 0.05) is 12.3 Å². The third-order valence-electron chi connectivity index (χ3n) is 3.32. The first kappa shape index (κ1) is 19.4. The maximum Gasteiger partial charge on any atom is 0.325 e. The lowest BCUT2D eigenvalue weighted by atomic mass is 10.2. The third kappa shape index (κ3) is 5.84. The highest BCUT2D eigenvalue weighted by Crippen LogP contribution is 2.28. The summed E-state index contributed by atoms with van der Waals surface area (Å²) < 4.78 is 16.1. The molecule has 7 nitrogen and oxygen atoms in total. The summed E-state index contributed by atoms with van der Waals surface area (Å²) in [7, 11) is 1.62. The maximum atomic E-state index is 11.8. The fraction of sp³-hybridized carbons (Fsp3) is 0.368. The number of carbonyl (C=O) groups excluding carboxylic acids is 1. The number of ether oxygens (including phenoxy) is 3. The summed E-state index contributed by atoms with van der Waals surface area (Å²) in [6.45, 7) is 5.75. The molecule has 0 aliphatic rings. The van der Waals surface area contributed by atoms with Gasteiger partial charge in [0.15, 0.2) is 5.82 Å². The Morgan fingerprint density at radius 1 is 1.19 bits per heavy atom. The maximum absolute atomic E-state index is 11.8.